The smallest absolute Gasteiger partial charge is 0.0630 e. The molecule has 0 heterocycles. The molecular weight excluding hydrogens is 336 g/mol. The zero-order valence-electron chi connectivity index (χ0n) is 18.4. The maximum atomic E-state index is 10.0. The van der Waals surface area contributed by atoms with E-state index in [0.29, 0.717) is 5.25 Å². The number of rotatable bonds is 21. The molecule has 0 rings (SSSR count). The molecule has 0 spiro atoms. The Morgan fingerprint density at radius 3 is 1.38 bits per heavy atom. The lowest BCUT2D eigenvalue weighted by Gasteiger charge is -2.19. The minimum absolute atomic E-state index is 0.150. The van der Waals surface area contributed by atoms with Gasteiger partial charge in [-0.25, -0.2) is 0 Å². The largest absolute Gasteiger partial charge is 0.392 e. The van der Waals surface area contributed by atoms with Gasteiger partial charge in [0, 0.05) is 5.25 Å². The molecule has 0 amide bonds. The van der Waals surface area contributed by atoms with E-state index in [1.807, 2.05) is 18.7 Å². The summed E-state index contributed by atoms with van der Waals surface area (Å²) >= 11 is 2.03. The minimum Gasteiger partial charge on any atom is -0.392 e. The van der Waals surface area contributed by atoms with E-state index in [-0.39, 0.29) is 6.10 Å². The molecule has 0 saturated carbocycles. The Labute approximate surface area is 170 Å². The maximum Gasteiger partial charge on any atom is 0.0630 e. The Hall–Kier alpha value is 0.310. The number of unbranched alkanes of at least 4 members (excludes halogenated alkanes) is 15. The van der Waals surface area contributed by atoms with Crippen LogP contribution in [0.2, 0.25) is 0 Å². The summed E-state index contributed by atoms with van der Waals surface area (Å²) in [7, 11) is 0. The first-order chi connectivity index (χ1) is 12.7. The van der Waals surface area contributed by atoms with Crippen LogP contribution in [-0.4, -0.2) is 22.2 Å². The summed E-state index contributed by atoms with van der Waals surface area (Å²) in [6.45, 7) is 6.55. The third-order valence-electron chi connectivity index (χ3n) is 5.46. The Morgan fingerprint density at radius 2 is 0.962 bits per heavy atom. The SMILES string of the molecule is CCCCCCCCCCCCSC(CCCCCCCCC)C(C)O. The van der Waals surface area contributed by atoms with Gasteiger partial charge in [0.15, 0.2) is 0 Å². The summed E-state index contributed by atoms with van der Waals surface area (Å²) in [4.78, 5) is 0. The van der Waals surface area contributed by atoms with Crippen molar-refractivity contribution in [2.75, 3.05) is 5.75 Å². The topological polar surface area (TPSA) is 20.2 Å². The molecule has 0 aromatic heterocycles. The van der Waals surface area contributed by atoms with Crippen LogP contribution >= 0.6 is 11.8 Å². The van der Waals surface area contributed by atoms with Crippen molar-refractivity contribution >= 4 is 11.8 Å². The third kappa shape index (κ3) is 19.1. The van der Waals surface area contributed by atoms with E-state index in [0.717, 1.165) is 0 Å². The molecule has 2 unspecified atom stereocenters. The first-order valence-corrected chi connectivity index (χ1v) is 13.1. The van der Waals surface area contributed by atoms with Crippen LogP contribution in [0.15, 0.2) is 0 Å². The Bertz CT molecular complexity index is 255. The molecule has 0 aromatic carbocycles. The number of hydrogen-bond acceptors (Lipinski definition) is 2. The van der Waals surface area contributed by atoms with Gasteiger partial charge >= 0.3 is 0 Å². The van der Waals surface area contributed by atoms with Gasteiger partial charge in [0.25, 0.3) is 0 Å². The molecule has 26 heavy (non-hydrogen) atoms. The zero-order chi connectivity index (χ0) is 19.3. The molecule has 0 aliphatic heterocycles. The monoisotopic (exact) mass is 386 g/mol. The van der Waals surface area contributed by atoms with Crippen LogP contribution in [0.4, 0.5) is 0 Å². The van der Waals surface area contributed by atoms with E-state index in [1.54, 1.807) is 0 Å². The zero-order valence-corrected chi connectivity index (χ0v) is 19.3. The van der Waals surface area contributed by atoms with E-state index in [2.05, 4.69) is 13.8 Å². The summed E-state index contributed by atoms with van der Waals surface area (Å²) < 4.78 is 0. The van der Waals surface area contributed by atoms with Gasteiger partial charge in [-0.15, -0.1) is 0 Å². The van der Waals surface area contributed by atoms with Gasteiger partial charge in [0.1, 0.15) is 0 Å². The van der Waals surface area contributed by atoms with Crippen molar-refractivity contribution in [3.63, 3.8) is 0 Å². The average Bonchev–Trinajstić information content (AvgIpc) is 2.63. The van der Waals surface area contributed by atoms with Crippen molar-refractivity contribution in [1.29, 1.82) is 0 Å². The standard InChI is InChI=1S/C24H50OS/c1-4-6-8-10-12-13-14-16-18-20-22-26-24(23(3)25)21-19-17-15-11-9-7-5-2/h23-25H,4-22H2,1-3H3. The molecule has 2 heteroatoms. The van der Waals surface area contributed by atoms with Gasteiger partial charge in [-0.3, -0.25) is 0 Å². The number of hydrogen-bond donors (Lipinski definition) is 1. The molecule has 1 nitrogen and oxygen atoms in total. The first kappa shape index (κ1) is 26.3. The fourth-order valence-electron chi connectivity index (χ4n) is 3.59. The summed E-state index contributed by atoms with van der Waals surface area (Å²) in [5.74, 6) is 1.24. The highest BCUT2D eigenvalue weighted by molar-refractivity contribution is 7.99. The second-order valence-corrected chi connectivity index (χ2v) is 9.59. The van der Waals surface area contributed by atoms with E-state index in [9.17, 15) is 5.11 Å². The lowest BCUT2D eigenvalue weighted by molar-refractivity contribution is 0.186. The summed E-state index contributed by atoms with van der Waals surface area (Å²) in [6.07, 6.45) is 24.7. The van der Waals surface area contributed by atoms with Crippen LogP contribution in [0.1, 0.15) is 136 Å². The Morgan fingerprint density at radius 1 is 0.577 bits per heavy atom. The minimum atomic E-state index is -0.150. The highest BCUT2D eigenvalue weighted by atomic mass is 32.2. The van der Waals surface area contributed by atoms with Crippen molar-refractivity contribution in [2.45, 2.75) is 148 Å². The van der Waals surface area contributed by atoms with Crippen molar-refractivity contribution in [3.05, 3.63) is 0 Å². The molecular formula is C24H50OS. The van der Waals surface area contributed by atoms with Crippen LogP contribution in [-0.2, 0) is 0 Å². The van der Waals surface area contributed by atoms with Crippen LogP contribution in [0.5, 0.6) is 0 Å². The molecule has 158 valence electrons. The van der Waals surface area contributed by atoms with Crippen molar-refractivity contribution in [1.82, 2.24) is 0 Å². The lowest BCUT2D eigenvalue weighted by Crippen LogP contribution is -2.19. The van der Waals surface area contributed by atoms with Crippen molar-refractivity contribution in [3.8, 4) is 0 Å². The number of thioether (sulfide) groups is 1. The normalized spacial score (nSPS) is 13.8. The van der Waals surface area contributed by atoms with E-state index >= 15 is 0 Å². The van der Waals surface area contributed by atoms with E-state index in [4.69, 9.17) is 0 Å². The molecule has 0 fully saturated rings. The summed E-state index contributed by atoms with van der Waals surface area (Å²) in [6, 6.07) is 0. The predicted molar refractivity (Wildman–Crippen MR) is 122 cm³/mol. The number of aliphatic hydroxyl groups is 1. The molecule has 0 saturated heterocycles. The fraction of sp³-hybridized carbons (Fsp3) is 1.00. The highest BCUT2D eigenvalue weighted by Gasteiger charge is 2.14. The van der Waals surface area contributed by atoms with E-state index in [1.165, 1.54) is 121 Å². The second kappa shape index (κ2) is 21.6. The number of aliphatic hydroxyl groups excluding tert-OH is 1. The van der Waals surface area contributed by atoms with Crippen molar-refractivity contribution in [2.24, 2.45) is 0 Å². The fourth-order valence-corrected chi connectivity index (χ4v) is 4.88. The van der Waals surface area contributed by atoms with Gasteiger partial charge in [-0.05, 0) is 25.5 Å². The summed E-state index contributed by atoms with van der Waals surface area (Å²) in [5, 5.41) is 10.5. The lowest BCUT2D eigenvalue weighted by atomic mass is 10.1. The summed E-state index contributed by atoms with van der Waals surface area (Å²) in [5.41, 5.74) is 0. The first-order valence-electron chi connectivity index (χ1n) is 12.0. The van der Waals surface area contributed by atoms with Crippen LogP contribution in [0.3, 0.4) is 0 Å². The molecule has 2 atom stereocenters. The third-order valence-corrected chi connectivity index (χ3v) is 7.04. The quantitative estimate of drug-likeness (QED) is 0.199. The Kier molecular flexibility index (Phi) is 21.9. The van der Waals surface area contributed by atoms with Crippen LogP contribution in [0, 0.1) is 0 Å². The Balaban J connectivity index is 3.43. The second-order valence-electron chi connectivity index (χ2n) is 8.24. The molecule has 1 N–H and O–H groups in total. The molecule has 0 aliphatic rings. The van der Waals surface area contributed by atoms with Gasteiger partial charge in [0.05, 0.1) is 6.10 Å². The average molecular weight is 387 g/mol. The highest BCUT2D eigenvalue weighted by Crippen LogP contribution is 2.23. The van der Waals surface area contributed by atoms with E-state index < -0.39 is 0 Å². The van der Waals surface area contributed by atoms with Gasteiger partial charge in [-0.1, -0.05) is 117 Å². The van der Waals surface area contributed by atoms with Gasteiger partial charge in [-0.2, -0.15) is 11.8 Å². The molecule has 0 radical (unpaired) electrons. The van der Waals surface area contributed by atoms with Crippen LogP contribution in [0.25, 0.3) is 0 Å². The van der Waals surface area contributed by atoms with Gasteiger partial charge < -0.3 is 5.11 Å². The van der Waals surface area contributed by atoms with Gasteiger partial charge in [0.2, 0.25) is 0 Å². The van der Waals surface area contributed by atoms with Crippen LogP contribution < -0.4 is 0 Å². The molecule has 0 aliphatic carbocycles. The maximum absolute atomic E-state index is 10.0. The molecule has 0 aromatic rings. The molecule has 0 bridgehead atoms. The van der Waals surface area contributed by atoms with Crippen molar-refractivity contribution < 1.29 is 5.11 Å². The predicted octanol–water partition coefficient (Wildman–Crippen LogP) is 8.53.